The molecule has 3 heterocycles. The van der Waals surface area contributed by atoms with E-state index in [9.17, 15) is 0 Å². The van der Waals surface area contributed by atoms with Crippen LogP contribution in [0.25, 0.3) is 11.2 Å². The van der Waals surface area contributed by atoms with Gasteiger partial charge in [0, 0.05) is 11.5 Å². The van der Waals surface area contributed by atoms with E-state index in [2.05, 4.69) is 21.9 Å². The predicted octanol–water partition coefficient (Wildman–Crippen LogP) is 1.00. The summed E-state index contributed by atoms with van der Waals surface area (Å²) in [6.07, 6.45) is 2.21. The molecule has 1 aliphatic rings. The number of aromatic nitrogens is 4. The van der Waals surface area contributed by atoms with Gasteiger partial charge in [0.1, 0.15) is 23.8 Å². The van der Waals surface area contributed by atoms with Crippen LogP contribution >= 0.6 is 0 Å². The highest BCUT2D eigenvalue weighted by Crippen LogP contribution is 2.35. The van der Waals surface area contributed by atoms with Crippen LogP contribution < -0.4 is 10.5 Å². The highest BCUT2D eigenvalue weighted by Gasteiger charge is 2.34. The van der Waals surface area contributed by atoms with Gasteiger partial charge in [0.15, 0.2) is 17.8 Å². The normalized spacial score (nSPS) is 21.2. The van der Waals surface area contributed by atoms with Crippen LogP contribution in [-0.2, 0) is 4.74 Å². The summed E-state index contributed by atoms with van der Waals surface area (Å²) in [7, 11) is 1.56. The van der Waals surface area contributed by atoms with Crippen molar-refractivity contribution in [1.29, 1.82) is 0 Å². The van der Waals surface area contributed by atoms with Gasteiger partial charge in [-0.15, -0.1) is 0 Å². The molecule has 1 saturated heterocycles. The first kappa shape index (κ1) is 20.9. The summed E-state index contributed by atoms with van der Waals surface area (Å²) in [4.78, 5) is 12.3. The van der Waals surface area contributed by atoms with Gasteiger partial charge in [0.2, 0.25) is 0 Å². The van der Waals surface area contributed by atoms with Crippen molar-refractivity contribution < 1.29 is 24.8 Å². The third kappa shape index (κ3) is 4.62. The summed E-state index contributed by atoms with van der Waals surface area (Å²) >= 11 is 0. The molecule has 10 nitrogen and oxygen atoms in total. The molecule has 3 aromatic rings. The molecule has 156 valence electrons. The molecule has 4 rings (SSSR count). The molecule has 0 radical (unpaired) electrons. The number of anilines is 1. The van der Waals surface area contributed by atoms with Gasteiger partial charge in [-0.2, -0.15) is 0 Å². The summed E-state index contributed by atoms with van der Waals surface area (Å²) in [6.45, 7) is 2.11. The van der Waals surface area contributed by atoms with Crippen molar-refractivity contribution in [3.8, 4) is 5.75 Å². The van der Waals surface area contributed by atoms with Gasteiger partial charge in [-0.1, -0.05) is 19.1 Å². The molecule has 2 aromatic heterocycles. The van der Waals surface area contributed by atoms with Crippen molar-refractivity contribution in [3.05, 3.63) is 42.5 Å². The third-order valence-corrected chi connectivity index (χ3v) is 4.73. The van der Waals surface area contributed by atoms with Crippen LogP contribution in [0.2, 0.25) is 0 Å². The monoisotopic (exact) mass is 403 g/mol. The molecular formula is C19H25N5O5. The first-order valence-electron chi connectivity index (χ1n) is 9.14. The van der Waals surface area contributed by atoms with E-state index in [-0.39, 0.29) is 24.9 Å². The third-order valence-electron chi connectivity index (χ3n) is 4.73. The molecule has 2 unspecified atom stereocenters. The molecular weight excluding hydrogens is 378 g/mol. The largest absolute Gasteiger partial charge is 0.497 e. The lowest BCUT2D eigenvalue weighted by Gasteiger charge is -2.17. The van der Waals surface area contributed by atoms with Crippen LogP contribution in [0.3, 0.4) is 0 Å². The number of aliphatic hydroxyl groups excluding tert-OH is 2. The lowest BCUT2D eigenvalue weighted by molar-refractivity contribution is -0.0425. The van der Waals surface area contributed by atoms with Crippen molar-refractivity contribution in [1.82, 2.24) is 19.5 Å². The smallest absolute Gasteiger partial charge is 0.178 e. The summed E-state index contributed by atoms with van der Waals surface area (Å²) in [5.74, 6) is 1.35. The number of nitrogens with two attached hydrogens (primary N) is 1. The average Bonchev–Trinajstić information content (AvgIpc) is 3.32. The van der Waals surface area contributed by atoms with Gasteiger partial charge < -0.3 is 30.5 Å². The van der Waals surface area contributed by atoms with Gasteiger partial charge in [-0.05, 0) is 18.6 Å². The number of hydrogen-bond acceptors (Lipinski definition) is 9. The fourth-order valence-electron chi connectivity index (χ4n) is 3.21. The van der Waals surface area contributed by atoms with E-state index < -0.39 is 6.29 Å². The molecule has 0 amide bonds. The van der Waals surface area contributed by atoms with E-state index >= 15 is 0 Å². The second kappa shape index (κ2) is 9.14. The highest BCUT2D eigenvalue weighted by molar-refractivity contribution is 5.81. The first-order chi connectivity index (χ1) is 13.9. The summed E-state index contributed by atoms with van der Waals surface area (Å²) in [5, 5.41) is 26.6. The summed E-state index contributed by atoms with van der Waals surface area (Å²) in [6, 6.07) is 6.55. The Kier molecular flexibility index (Phi) is 6.60. The van der Waals surface area contributed by atoms with E-state index in [1.54, 1.807) is 37.7 Å². The first-order valence-corrected chi connectivity index (χ1v) is 9.14. The quantitative estimate of drug-likeness (QED) is 0.468. The molecule has 29 heavy (non-hydrogen) atoms. The fourth-order valence-corrected chi connectivity index (χ4v) is 3.21. The van der Waals surface area contributed by atoms with Gasteiger partial charge >= 0.3 is 0 Å². The van der Waals surface area contributed by atoms with Gasteiger partial charge in [-0.3, -0.25) is 4.57 Å². The number of benzene rings is 1. The number of ether oxygens (including phenoxy) is 2. The van der Waals surface area contributed by atoms with Crippen LogP contribution in [0, 0.1) is 5.92 Å². The number of nitrogens with zero attached hydrogens (tertiary/aromatic N) is 4. The number of rotatable bonds is 4. The van der Waals surface area contributed by atoms with Gasteiger partial charge in [0.25, 0.3) is 0 Å². The van der Waals surface area contributed by atoms with E-state index in [4.69, 9.17) is 30.5 Å². The zero-order valence-electron chi connectivity index (χ0n) is 16.2. The van der Waals surface area contributed by atoms with Crippen molar-refractivity contribution in [2.24, 2.45) is 5.92 Å². The van der Waals surface area contributed by atoms with E-state index in [0.717, 1.165) is 6.42 Å². The second-order valence-corrected chi connectivity index (χ2v) is 6.77. The number of aliphatic hydroxyl groups is 3. The fraction of sp³-hybridized carbons (Fsp3) is 0.421. The number of hydrogen-bond donors (Lipinski definition) is 4. The van der Waals surface area contributed by atoms with Crippen LogP contribution in [0.5, 0.6) is 5.75 Å². The van der Waals surface area contributed by atoms with Crippen LogP contribution in [-0.4, -0.2) is 54.7 Å². The topological polar surface area (TPSA) is 149 Å². The Balaban J connectivity index is 0.000000188. The highest BCUT2D eigenvalue weighted by atomic mass is 16.5. The van der Waals surface area contributed by atoms with Gasteiger partial charge in [-0.25, -0.2) is 15.0 Å². The lowest BCUT2D eigenvalue weighted by atomic mass is 10.1. The van der Waals surface area contributed by atoms with Crippen LogP contribution in [0.1, 0.15) is 31.4 Å². The Hall–Kier alpha value is -2.79. The van der Waals surface area contributed by atoms with Gasteiger partial charge in [0.05, 0.1) is 26.1 Å². The van der Waals surface area contributed by atoms with E-state index in [0.29, 0.717) is 28.3 Å². The maximum absolute atomic E-state index is 9.16. The summed E-state index contributed by atoms with van der Waals surface area (Å²) < 4.78 is 12.5. The van der Waals surface area contributed by atoms with Crippen molar-refractivity contribution in [3.63, 3.8) is 0 Å². The van der Waals surface area contributed by atoms with E-state index in [1.807, 2.05) is 4.57 Å². The van der Waals surface area contributed by atoms with E-state index in [1.165, 1.54) is 6.33 Å². The van der Waals surface area contributed by atoms with Crippen molar-refractivity contribution >= 4 is 17.0 Å². The Morgan fingerprint density at radius 2 is 1.97 bits per heavy atom. The lowest BCUT2D eigenvalue weighted by Crippen LogP contribution is -2.15. The molecule has 1 aliphatic heterocycles. The van der Waals surface area contributed by atoms with Crippen molar-refractivity contribution in [2.75, 3.05) is 19.5 Å². The minimum absolute atomic E-state index is 0.0323. The average molecular weight is 403 g/mol. The number of nitrogen functional groups attached to an aromatic ring is 1. The standard InChI is InChI=1S/C11H15N5O2.C8H10O3/c1-6-2-7(3-17)18-11(6)16-5-15-8-9(12)13-4-14-10(8)16;1-11-7-4-2-6(3-5-7)8(9)10/h4-7,11,17H,2-3H2,1H3,(H2,12,13,14);2-5,8-10H,1H3/t6-,7?,11?;/m0./s1. The second-order valence-electron chi connectivity index (χ2n) is 6.77. The van der Waals surface area contributed by atoms with Crippen LogP contribution in [0.15, 0.2) is 36.9 Å². The number of fused-ring (bicyclic) bond motifs is 1. The molecule has 0 aliphatic carbocycles. The maximum atomic E-state index is 9.16. The molecule has 0 saturated carbocycles. The zero-order valence-corrected chi connectivity index (χ0v) is 16.2. The minimum Gasteiger partial charge on any atom is -0.497 e. The predicted molar refractivity (Wildman–Crippen MR) is 105 cm³/mol. The Morgan fingerprint density at radius 3 is 2.55 bits per heavy atom. The number of imidazole rings is 1. The molecule has 0 spiro atoms. The number of methoxy groups -OCH3 is 1. The maximum Gasteiger partial charge on any atom is 0.178 e. The Labute approximate surface area is 167 Å². The minimum atomic E-state index is -1.40. The molecule has 10 heteroatoms. The molecule has 1 fully saturated rings. The molecule has 1 aromatic carbocycles. The zero-order chi connectivity index (χ0) is 21.0. The molecule has 3 atom stereocenters. The molecule has 0 bridgehead atoms. The SMILES string of the molecule is COc1ccc(C(O)O)cc1.C[C@H]1CC(CO)OC1n1cnc2c(N)ncnc21. The van der Waals surface area contributed by atoms with Crippen LogP contribution in [0.4, 0.5) is 5.82 Å². The Morgan fingerprint density at radius 1 is 1.24 bits per heavy atom. The van der Waals surface area contributed by atoms with Crippen molar-refractivity contribution in [2.45, 2.75) is 32.0 Å². The summed E-state index contributed by atoms with van der Waals surface area (Å²) in [5.41, 5.74) is 7.46. The Bertz CT molecular complexity index is 930. The molecule has 5 N–H and O–H groups in total.